The van der Waals surface area contributed by atoms with Gasteiger partial charge in [-0.05, 0) is 99.1 Å². The van der Waals surface area contributed by atoms with Crippen LogP contribution in [0.3, 0.4) is 0 Å². The smallest absolute Gasteiger partial charge is 0.148 e. The van der Waals surface area contributed by atoms with Gasteiger partial charge in [-0.15, -0.1) is 0 Å². The van der Waals surface area contributed by atoms with Gasteiger partial charge < -0.3 is 4.90 Å². The second-order valence-electron chi connectivity index (χ2n) is 15.8. The molecule has 0 aliphatic heterocycles. The van der Waals surface area contributed by atoms with Crippen molar-refractivity contribution in [3.63, 3.8) is 0 Å². The first-order chi connectivity index (χ1) is 25.8. The molecular weight excluding hydrogens is 643 g/mol. The molecule has 11 rings (SSSR count). The van der Waals surface area contributed by atoms with Crippen molar-refractivity contribution in [1.29, 1.82) is 0 Å². The molecule has 0 saturated carbocycles. The summed E-state index contributed by atoms with van der Waals surface area (Å²) < 4.78 is 4.93. The van der Waals surface area contributed by atoms with Crippen molar-refractivity contribution in [1.82, 2.24) is 8.97 Å². The van der Waals surface area contributed by atoms with Crippen LogP contribution >= 0.6 is 0 Å². The van der Waals surface area contributed by atoms with E-state index in [1.807, 2.05) is 0 Å². The molecule has 0 unspecified atom stereocenters. The molecular formula is C50H39N3. The zero-order valence-electron chi connectivity index (χ0n) is 30.4. The molecule has 0 bridgehead atoms. The Morgan fingerprint density at radius 3 is 1.49 bits per heavy atom. The number of hydrogen-bond acceptors (Lipinski definition) is 1. The molecule has 0 amide bonds. The van der Waals surface area contributed by atoms with Crippen molar-refractivity contribution in [3.8, 4) is 27.9 Å². The summed E-state index contributed by atoms with van der Waals surface area (Å²) in [4.78, 5) is 2.55. The fourth-order valence-electron chi connectivity index (χ4n) is 9.74. The molecule has 0 atom stereocenters. The Labute approximate surface area is 310 Å². The molecule has 0 N–H and O–H groups in total. The van der Waals surface area contributed by atoms with Gasteiger partial charge in [-0.3, -0.25) is 8.97 Å². The zero-order chi connectivity index (χ0) is 35.6. The summed E-state index contributed by atoms with van der Waals surface area (Å²) in [6.45, 7) is 9.50. The highest BCUT2D eigenvalue weighted by atomic mass is 15.2. The zero-order valence-corrected chi connectivity index (χ0v) is 30.4. The van der Waals surface area contributed by atoms with E-state index in [1.165, 1.54) is 72.1 Å². The number of aromatic nitrogens is 2. The maximum atomic E-state index is 2.55. The van der Waals surface area contributed by atoms with Gasteiger partial charge >= 0.3 is 0 Å². The monoisotopic (exact) mass is 681 g/mol. The van der Waals surface area contributed by atoms with Crippen LogP contribution in [-0.4, -0.2) is 8.97 Å². The van der Waals surface area contributed by atoms with E-state index >= 15 is 0 Å². The lowest BCUT2D eigenvalue weighted by Gasteiger charge is -2.30. The fraction of sp³-hybridized carbons (Fsp3) is 0.120. The Kier molecular flexibility index (Phi) is 6.07. The molecule has 53 heavy (non-hydrogen) atoms. The third-order valence-electron chi connectivity index (χ3n) is 12.3. The van der Waals surface area contributed by atoms with E-state index in [0.29, 0.717) is 0 Å². The van der Waals surface area contributed by atoms with E-state index in [4.69, 9.17) is 0 Å². The van der Waals surface area contributed by atoms with Crippen LogP contribution in [0.15, 0.2) is 164 Å². The molecule has 0 fully saturated rings. The number of imidazole rings is 1. The third-order valence-corrected chi connectivity index (χ3v) is 12.3. The van der Waals surface area contributed by atoms with Crippen molar-refractivity contribution in [2.75, 3.05) is 4.90 Å². The second-order valence-corrected chi connectivity index (χ2v) is 15.8. The molecule has 7 aromatic carbocycles. The Morgan fingerprint density at radius 1 is 0.415 bits per heavy atom. The van der Waals surface area contributed by atoms with E-state index in [2.05, 4.69) is 205 Å². The molecule has 2 aliphatic rings. The Morgan fingerprint density at radius 2 is 0.887 bits per heavy atom. The minimum atomic E-state index is -0.133. The molecule has 0 saturated heterocycles. The largest absolute Gasteiger partial charge is 0.306 e. The van der Waals surface area contributed by atoms with Gasteiger partial charge in [0.1, 0.15) is 5.65 Å². The van der Waals surface area contributed by atoms with E-state index in [-0.39, 0.29) is 10.8 Å². The van der Waals surface area contributed by atoms with Crippen molar-refractivity contribution in [2.24, 2.45) is 0 Å². The molecule has 2 heterocycles. The van der Waals surface area contributed by atoms with Crippen LogP contribution in [0.25, 0.3) is 55.5 Å². The summed E-state index contributed by atoms with van der Waals surface area (Å²) in [7, 11) is 0. The maximum Gasteiger partial charge on any atom is 0.148 e. The van der Waals surface area contributed by atoms with Gasteiger partial charge in [-0.1, -0.05) is 137 Å². The van der Waals surface area contributed by atoms with Gasteiger partial charge in [-0.2, -0.15) is 0 Å². The molecule has 254 valence electrons. The lowest BCUT2D eigenvalue weighted by molar-refractivity contribution is 0.660. The Hall–Kier alpha value is -6.32. The van der Waals surface area contributed by atoms with Gasteiger partial charge in [0.05, 0.1) is 22.2 Å². The number of para-hydroxylation sites is 4. The van der Waals surface area contributed by atoms with E-state index in [9.17, 15) is 0 Å². The molecule has 0 spiro atoms. The Bertz CT molecular complexity index is 2850. The van der Waals surface area contributed by atoms with Gasteiger partial charge in [0, 0.05) is 33.3 Å². The van der Waals surface area contributed by atoms with E-state index in [0.717, 1.165) is 22.7 Å². The average Bonchev–Trinajstić information content (AvgIpc) is 3.85. The van der Waals surface area contributed by atoms with Gasteiger partial charge in [-0.25, -0.2) is 0 Å². The van der Waals surface area contributed by atoms with Crippen molar-refractivity contribution >= 4 is 44.6 Å². The summed E-state index contributed by atoms with van der Waals surface area (Å²) in [6, 6.07) is 60.8. The minimum Gasteiger partial charge on any atom is -0.306 e. The third kappa shape index (κ3) is 4.00. The van der Waals surface area contributed by atoms with E-state index < -0.39 is 0 Å². The molecule has 3 nitrogen and oxygen atoms in total. The highest BCUT2D eigenvalue weighted by Crippen LogP contribution is 2.54. The second kappa shape index (κ2) is 10.6. The molecule has 2 aliphatic carbocycles. The highest BCUT2D eigenvalue weighted by Gasteiger charge is 2.38. The fourth-order valence-corrected chi connectivity index (χ4v) is 9.74. The first-order valence-corrected chi connectivity index (χ1v) is 18.7. The molecule has 0 radical (unpaired) electrons. The van der Waals surface area contributed by atoms with Gasteiger partial charge in [0.2, 0.25) is 0 Å². The van der Waals surface area contributed by atoms with Gasteiger partial charge in [0.25, 0.3) is 0 Å². The summed E-state index contributed by atoms with van der Waals surface area (Å²) in [5.74, 6) is 0. The molecule has 9 aromatic rings. The minimum absolute atomic E-state index is 0.133. The average molecular weight is 682 g/mol. The van der Waals surface area contributed by atoms with Crippen LogP contribution < -0.4 is 4.90 Å². The summed E-state index contributed by atoms with van der Waals surface area (Å²) >= 11 is 0. The first kappa shape index (κ1) is 30.3. The number of hydrogen-bond donors (Lipinski definition) is 0. The van der Waals surface area contributed by atoms with Crippen LogP contribution in [0.1, 0.15) is 49.9 Å². The standard InChI is InChI=1S/C50H39N3/c1-49(2)40-21-11-8-18-35(40)37-28-26-33(30-42(37)49)51(34-27-29-38-36-19-9-12-22-41(36)50(3,4)43(38)31-34)47-39-20-10-13-23-44(39)53-46-25-15-14-24-45(46)52(48(47)53)32-16-6-5-7-17-32/h5-31H,1-4H3. The van der Waals surface area contributed by atoms with Crippen LogP contribution in [0.2, 0.25) is 0 Å². The van der Waals surface area contributed by atoms with Crippen molar-refractivity contribution in [3.05, 3.63) is 186 Å². The topological polar surface area (TPSA) is 12.6 Å². The predicted octanol–water partition coefficient (Wildman–Crippen LogP) is 13.1. The van der Waals surface area contributed by atoms with Crippen molar-refractivity contribution < 1.29 is 0 Å². The van der Waals surface area contributed by atoms with Gasteiger partial charge in [0.15, 0.2) is 0 Å². The van der Waals surface area contributed by atoms with E-state index in [1.54, 1.807) is 0 Å². The first-order valence-electron chi connectivity index (χ1n) is 18.7. The molecule has 2 aromatic heterocycles. The molecule has 3 heteroatoms. The normalized spacial score (nSPS) is 14.7. The van der Waals surface area contributed by atoms with Crippen LogP contribution in [0.5, 0.6) is 0 Å². The van der Waals surface area contributed by atoms with Crippen LogP contribution in [0, 0.1) is 0 Å². The number of rotatable bonds is 4. The SMILES string of the molecule is CC1(C)c2ccccc2-c2ccc(N(c3ccc4c(c3)C(C)(C)c3ccccc3-4)c3c4ccccc4n4c5ccccc5n(-c5ccccc5)c34)cc21. The predicted molar refractivity (Wildman–Crippen MR) is 222 cm³/mol. The summed E-state index contributed by atoms with van der Waals surface area (Å²) in [5.41, 5.74) is 19.9. The lowest BCUT2D eigenvalue weighted by Crippen LogP contribution is -2.18. The number of fused-ring (bicyclic) bond motifs is 11. The maximum absolute atomic E-state index is 2.55. The number of nitrogens with zero attached hydrogens (tertiary/aromatic N) is 3. The van der Waals surface area contributed by atoms with Crippen LogP contribution in [-0.2, 0) is 10.8 Å². The number of benzene rings is 7. The number of anilines is 3. The summed E-state index contributed by atoms with van der Waals surface area (Å²) in [5, 5.41) is 1.21. The van der Waals surface area contributed by atoms with Crippen molar-refractivity contribution in [2.45, 2.75) is 38.5 Å². The quantitative estimate of drug-likeness (QED) is 0.180. The lowest BCUT2D eigenvalue weighted by atomic mass is 9.82. The summed E-state index contributed by atoms with van der Waals surface area (Å²) in [6.07, 6.45) is 0. The van der Waals surface area contributed by atoms with Crippen LogP contribution in [0.4, 0.5) is 17.1 Å². The Balaban J connectivity index is 1.27. The highest BCUT2D eigenvalue weighted by molar-refractivity contribution is 6.11.